The van der Waals surface area contributed by atoms with Gasteiger partial charge < -0.3 is 15.1 Å². The summed E-state index contributed by atoms with van der Waals surface area (Å²) in [5.74, 6) is 2.38. The second kappa shape index (κ2) is 6.24. The normalized spacial score (nSPS) is 23.3. The lowest BCUT2D eigenvalue weighted by molar-refractivity contribution is -0.137. The highest BCUT2D eigenvalue weighted by molar-refractivity contribution is 5.79. The average molecular weight is 264 g/mol. The Kier molecular flexibility index (Phi) is 4.64. The molecule has 2 atom stereocenters. The van der Waals surface area contributed by atoms with E-state index in [1.807, 2.05) is 26.1 Å². The lowest BCUT2D eigenvalue weighted by atomic mass is 9.78. The predicted molar refractivity (Wildman–Crippen MR) is 74.4 cm³/mol. The van der Waals surface area contributed by atoms with E-state index in [2.05, 4.69) is 0 Å². The number of aryl methyl sites for hydroxylation is 1. The summed E-state index contributed by atoms with van der Waals surface area (Å²) in [5.41, 5.74) is 5.80. The van der Waals surface area contributed by atoms with E-state index in [1.165, 1.54) is 6.42 Å². The van der Waals surface area contributed by atoms with E-state index in [-0.39, 0.29) is 11.8 Å². The maximum atomic E-state index is 12.5. The Labute approximate surface area is 114 Å². The summed E-state index contributed by atoms with van der Waals surface area (Å²) in [6.45, 7) is 3.07. The lowest BCUT2D eigenvalue weighted by Gasteiger charge is -2.32. The van der Waals surface area contributed by atoms with Gasteiger partial charge in [-0.25, -0.2) is 0 Å². The van der Waals surface area contributed by atoms with Gasteiger partial charge in [-0.3, -0.25) is 4.79 Å². The zero-order valence-electron chi connectivity index (χ0n) is 11.9. The largest absolute Gasteiger partial charge is 0.464 e. The van der Waals surface area contributed by atoms with Crippen LogP contribution in [0.5, 0.6) is 0 Å². The molecule has 19 heavy (non-hydrogen) atoms. The fraction of sp³-hybridized carbons (Fsp3) is 0.667. The molecule has 2 unspecified atom stereocenters. The van der Waals surface area contributed by atoms with Crippen LogP contribution in [0.1, 0.15) is 37.2 Å². The molecular formula is C15H24N2O2. The summed E-state index contributed by atoms with van der Waals surface area (Å²) < 4.78 is 5.53. The third-order valence-corrected chi connectivity index (χ3v) is 4.09. The number of nitrogens with zero attached hydrogens (tertiary/aromatic N) is 1. The Bertz CT molecular complexity index is 428. The van der Waals surface area contributed by atoms with Crippen LogP contribution in [0.2, 0.25) is 0 Å². The van der Waals surface area contributed by atoms with Crippen LogP contribution in [0, 0.1) is 18.8 Å². The van der Waals surface area contributed by atoms with Crippen LogP contribution in [-0.4, -0.2) is 24.4 Å². The molecule has 1 aromatic rings. The first kappa shape index (κ1) is 14.1. The Hall–Kier alpha value is -1.29. The highest BCUT2D eigenvalue weighted by Gasteiger charge is 2.31. The number of carbonyl (C=O) groups is 1. The van der Waals surface area contributed by atoms with Crippen molar-refractivity contribution < 1.29 is 9.21 Å². The van der Waals surface area contributed by atoms with Gasteiger partial charge in [-0.1, -0.05) is 12.8 Å². The Balaban J connectivity index is 1.97. The highest BCUT2D eigenvalue weighted by atomic mass is 16.3. The summed E-state index contributed by atoms with van der Waals surface area (Å²) in [6.07, 6.45) is 4.40. The van der Waals surface area contributed by atoms with Crippen molar-refractivity contribution in [1.29, 1.82) is 0 Å². The summed E-state index contributed by atoms with van der Waals surface area (Å²) in [5, 5.41) is 0. The molecule has 2 N–H and O–H groups in total. The van der Waals surface area contributed by atoms with Crippen LogP contribution >= 0.6 is 0 Å². The average Bonchev–Trinajstić information content (AvgIpc) is 2.83. The van der Waals surface area contributed by atoms with E-state index in [4.69, 9.17) is 10.2 Å². The number of rotatable bonds is 4. The molecule has 0 saturated heterocycles. The molecule has 0 aromatic carbocycles. The van der Waals surface area contributed by atoms with Crippen molar-refractivity contribution in [2.75, 3.05) is 13.6 Å². The molecule has 0 bridgehead atoms. The van der Waals surface area contributed by atoms with Crippen molar-refractivity contribution >= 4 is 5.91 Å². The zero-order valence-corrected chi connectivity index (χ0v) is 11.9. The second-order valence-electron chi connectivity index (χ2n) is 5.59. The van der Waals surface area contributed by atoms with Gasteiger partial charge in [0.1, 0.15) is 11.5 Å². The Morgan fingerprint density at radius 3 is 2.79 bits per heavy atom. The van der Waals surface area contributed by atoms with Crippen LogP contribution in [0.25, 0.3) is 0 Å². The molecule has 1 aliphatic carbocycles. The summed E-state index contributed by atoms with van der Waals surface area (Å²) >= 11 is 0. The fourth-order valence-electron chi connectivity index (χ4n) is 2.98. The maximum Gasteiger partial charge on any atom is 0.226 e. The maximum absolute atomic E-state index is 12.5. The second-order valence-corrected chi connectivity index (χ2v) is 5.59. The van der Waals surface area contributed by atoms with Crippen molar-refractivity contribution in [3.8, 4) is 0 Å². The van der Waals surface area contributed by atoms with E-state index < -0.39 is 0 Å². The Morgan fingerprint density at radius 2 is 2.16 bits per heavy atom. The lowest BCUT2D eigenvalue weighted by Crippen LogP contribution is -2.40. The van der Waals surface area contributed by atoms with Gasteiger partial charge in [0.2, 0.25) is 5.91 Å². The first-order chi connectivity index (χ1) is 9.11. The van der Waals surface area contributed by atoms with Crippen LogP contribution in [-0.2, 0) is 11.3 Å². The molecule has 4 heteroatoms. The smallest absolute Gasteiger partial charge is 0.226 e. The minimum Gasteiger partial charge on any atom is -0.464 e. The standard InChI is InChI=1S/C15H24N2O2/c1-11-7-8-13(19-11)10-17(2)15(18)14-6-4-3-5-12(14)9-16/h7-8,12,14H,3-6,9-10,16H2,1-2H3. The first-order valence-corrected chi connectivity index (χ1v) is 7.12. The van der Waals surface area contributed by atoms with E-state index in [1.54, 1.807) is 4.90 Å². The van der Waals surface area contributed by atoms with Gasteiger partial charge in [0.25, 0.3) is 0 Å². The first-order valence-electron chi connectivity index (χ1n) is 7.12. The zero-order chi connectivity index (χ0) is 13.8. The van der Waals surface area contributed by atoms with E-state index in [0.29, 0.717) is 19.0 Å². The van der Waals surface area contributed by atoms with Crippen molar-refractivity contribution in [3.05, 3.63) is 23.7 Å². The highest BCUT2D eigenvalue weighted by Crippen LogP contribution is 2.30. The van der Waals surface area contributed by atoms with Crippen molar-refractivity contribution in [1.82, 2.24) is 4.90 Å². The fourth-order valence-corrected chi connectivity index (χ4v) is 2.98. The van der Waals surface area contributed by atoms with Crippen molar-refractivity contribution in [3.63, 3.8) is 0 Å². The third-order valence-electron chi connectivity index (χ3n) is 4.09. The molecule has 1 aromatic heterocycles. The molecule has 1 fully saturated rings. The van der Waals surface area contributed by atoms with E-state index >= 15 is 0 Å². The molecule has 1 aliphatic rings. The van der Waals surface area contributed by atoms with Gasteiger partial charge in [-0.15, -0.1) is 0 Å². The number of hydrogen-bond donors (Lipinski definition) is 1. The van der Waals surface area contributed by atoms with Gasteiger partial charge in [-0.2, -0.15) is 0 Å². The Morgan fingerprint density at radius 1 is 1.42 bits per heavy atom. The molecule has 106 valence electrons. The van der Waals surface area contributed by atoms with E-state index in [0.717, 1.165) is 30.8 Å². The number of nitrogens with two attached hydrogens (primary N) is 1. The molecule has 0 spiro atoms. The molecule has 4 nitrogen and oxygen atoms in total. The summed E-state index contributed by atoms with van der Waals surface area (Å²) in [7, 11) is 1.85. The quantitative estimate of drug-likeness (QED) is 0.907. The van der Waals surface area contributed by atoms with Crippen LogP contribution in [0.3, 0.4) is 0 Å². The van der Waals surface area contributed by atoms with Gasteiger partial charge in [0, 0.05) is 13.0 Å². The summed E-state index contributed by atoms with van der Waals surface area (Å²) in [6, 6.07) is 3.86. The van der Waals surface area contributed by atoms with Crippen molar-refractivity contribution in [2.24, 2.45) is 17.6 Å². The monoisotopic (exact) mass is 264 g/mol. The van der Waals surface area contributed by atoms with Gasteiger partial charge in [-0.05, 0) is 44.4 Å². The van der Waals surface area contributed by atoms with E-state index in [9.17, 15) is 4.79 Å². The topological polar surface area (TPSA) is 59.5 Å². The molecule has 1 amide bonds. The minimum atomic E-state index is 0.0970. The molecule has 2 rings (SSSR count). The number of amides is 1. The number of furan rings is 1. The van der Waals surface area contributed by atoms with Gasteiger partial charge in [0.05, 0.1) is 6.54 Å². The van der Waals surface area contributed by atoms with Crippen LogP contribution in [0.4, 0.5) is 0 Å². The van der Waals surface area contributed by atoms with Crippen molar-refractivity contribution in [2.45, 2.75) is 39.2 Å². The molecule has 0 radical (unpaired) electrons. The predicted octanol–water partition coefficient (Wildman–Crippen LogP) is 2.31. The van der Waals surface area contributed by atoms with Gasteiger partial charge in [0.15, 0.2) is 0 Å². The molecule has 1 saturated carbocycles. The summed E-state index contributed by atoms with van der Waals surface area (Å²) in [4.78, 5) is 14.3. The molecule has 0 aliphatic heterocycles. The molecule has 1 heterocycles. The number of carbonyl (C=O) groups excluding carboxylic acids is 1. The van der Waals surface area contributed by atoms with Crippen LogP contribution < -0.4 is 5.73 Å². The minimum absolute atomic E-state index is 0.0970. The van der Waals surface area contributed by atoms with Crippen LogP contribution in [0.15, 0.2) is 16.5 Å². The SMILES string of the molecule is Cc1ccc(CN(C)C(=O)C2CCCCC2CN)o1. The number of hydrogen-bond acceptors (Lipinski definition) is 3. The van der Waals surface area contributed by atoms with Gasteiger partial charge >= 0.3 is 0 Å². The molecular weight excluding hydrogens is 240 g/mol. The third kappa shape index (κ3) is 3.38.